The average Bonchev–Trinajstić information content (AvgIpc) is 2.10. The molecule has 0 aromatic rings. The van der Waals surface area contributed by atoms with Crippen molar-refractivity contribution >= 4 is 0 Å². The highest BCUT2D eigenvalue weighted by molar-refractivity contribution is 4.66. The molecule has 2 atom stereocenters. The lowest BCUT2D eigenvalue weighted by atomic mass is 9.97. The maximum atomic E-state index is 3.62. The topological polar surface area (TPSA) is 12.0 Å². The summed E-state index contributed by atoms with van der Waals surface area (Å²) in [5.41, 5.74) is 0. The molecule has 86 valence electrons. The van der Waals surface area contributed by atoms with Crippen LogP contribution < -0.4 is 5.32 Å². The van der Waals surface area contributed by atoms with Gasteiger partial charge in [0.05, 0.1) is 0 Å². The van der Waals surface area contributed by atoms with Crippen molar-refractivity contribution in [2.24, 2.45) is 17.8 Å². The zero-order chi connectivity index (χ0) is 11.1. The number of hydrogen-bond donors (Lipinski definition) is 1. The van der Waals surface area contributed by atoms with Gasteiger partial charge in [-0.25, -0.2) is 0 Å². The molecule has 0 aliphatic heterocycles. The molecule has 0 saturated carbocycles. The molecule has 0 spiro atoms. The van der Waals surface area contributed by atoms with E-state index in [1.165, 1.54) is 12.8 Å². The minimum Gasteiger partial charge on any atom is -0.314 e. The zero-order valence-corrected chi connectivity index (χ0v) is 10.9. The van der Waals surface area contributed by atoms with Crippen LogP contribution in [0.5, 0.6) is 0 Å². The number of nitrogens with one attached hydrogen (secondary N) is 1. The van der Waals surface area contributed by atoms with Crippen molar-refractivity contribution in [2.75, 3.05) is 6.54 Å². The Kier molecular flexibility index (Phi) is 7.26. The summed E-state index contributed by atoms with van der Waals surface area (Å²) in [6, 6.07) is 0.679. The Morgan fingerprint density at radius 2 is 1.43 bits per heavy atom. The van der Waals surface area contributed by atoms with Gasteiger partial charge in [-0.05, 0) is 44.1 Å². The summed E-state index contributed by atoms with van der Waals surface area (Å²) in [5, 5.41) is 3.62. The summed E-state index contributed by atoms with van der Waals surface area (Å²) in [6.45, 7) is 15.0. The summed E-state index contributed by atoms with van der Waals surface area (Å²) in [4.78, 5) is 0. The Labute approximate surface area is 90.7 Å². The highest BCUT2D eigenvalue weighted by Crippen LogP contribution is 2.10. The van der Waals surface area contributed by atoms with Crippen molar-refractivity contribution in [3.05, 3.63) is 0 Å². The smallest absolute Gasteiger partial charge is 0.00389 e. The Balaban J connectivity index is 3.48. The molecule has 0 amide bonds. The third kappa shape index (κ3) is 7.37. The summed E-state index contributed by atoms with van der Waals surface area (Å²) in [5.74, 6) is 2.41. The normalized spacial score (nSPS) is 16.3. The standard InChI is InChI=1S/C13H29N/c1-10(2)7-8-13(6)14-9-12(5)11(3)4/h10-14H,7-9H2,1-6H3. The van der Waals surface area contributed by atoms with E-state index in [2.05, 4.69) is 46.9 Å². The largest absolute Gasteiger partial charge is 0.314 e. The van der Waals surface area contributed by atoms with Crippen molar-refractivity contribution in [1.82, 2.24) is 5.32 Å². The minimum atomic E-state index is 0.679. The van der Waals surface area contributed by atoms with Gasteiger partial charge in [0.2, 0.25) is 0 Å². The van der Waals surface area contributed by atoms with E-state index in [4.69, 9.17) is 0 Å². The Hall–Kier alpha value is -0.0400. The van der Waals surface area contributed by atoms with Gasteiger partial charge in [0, 0.05) is 6.04 Å². The third-order valence-corrected chi connectivity index (χ3v) is 3.10. The van der Waals surface area contributed by atoms with E-state index < -0.39 is 0 Å². The predicted molar refractivity (Wildman–Crippen MR) is 65.5 cm³/mol. The van der Waals surface area contributed by atoms with Crippen LogP contribution in [0.4, 0.5) is 0 Å². The average molecular weight is 199 g/mol. The second kappa shape index (κ2) is 7.28. The molecule has 14 heavy (non-hydrogen) atoms. The van der Waals surface area contributed by atoms with Gasteiger partial charge < -0.3 is 5.32 Å². The summed E-state index contributed by atoms with van der Waals surface area (Å²) >= 11 is 0. The maximum absolute atomic E-state index is 3.62. The minimum absolute atomic E-state index is 0.679. The molecule has 1 heteroatoms. The monoisotopic (exact) mass is 199 g/mol. The lowest BCUT2D eigenvalue weighted by molar-refractivity contribution is 0.358. The molecule has 0 rings (SSSR count). The first kappa shape index (κ1) is 14.0. The van der Waals surface area contributed by atoms with Crippen LogP contribution in [0, 0.1) is 17.8 Å². The molecular formula is C13H29N. The van der Waals surface area contributed by atoms with Crippen LogP contribution in [0.3, 0.4) is 0 Å². The molecule has 2 unspecified atom stereocenters. The van der Waals surface area contributed by atoms with Gasteiger partial charge in [0.1, 0.15) is 0 Å². The molecule has 0 saturated heterocycles. The highest BCUT2D eigenvalue weighted by Gasteiger charge is 2.09. The molecule has 0 heterocycles. The van der Waals surface area contributed by atoms with Crippen LogP contribution in [0.25, 0.3) is 0 Å². The van der Waals surface area contributed by atoms with Gasteiger partial charge in [-0.15, -0.1) is 0 Å². The van der Waals surface area contributed by atoms with E-state index in [0.717, 1.165) is 24.3 Å². The maximum Gasteiger partial charge on any atom is 0.00389 e. The van der Waals surface area contributed by atoms with Crippen LogP contribution in [0.2, 0.25) is 0 Å². The van der Waals surface area contributed by atoms with E-state index in [1.54, 1.807) is 0 Å². The first-order chi connectivity index (χ1) is 6.43. The SMILES string of the molecule is CC(C)CCC(C)NCC(C)C(C)C. The highest BCUT2D eigenvalue weighted by atomic mass is 14.9. The van der Waals surface area contributed by atoms with Gasteiger partial charge in [-0.1, -0.05) is 34.6 Å². The van der Waals surface area contributed by atoms with E-state index in [0.29, 0.717) is 6.04 Å². The molecule has 0 bridgehead atoms. The van der Waals surface area contributed by atoms with Crippen molar-refractivity contribution in [3.63, 3.8) is 0 Å². The number of hydrogen-bond acceptors (Lipinski definition) is 1. The number of rotatable bonds is 7. The summed E-state index contributed by atoms with van der Waals surface area (Å²) < 4.78 is 0. The van der Waals surface area contributed by atoms with Crippen molar-refractivity contribution < 1.29 is 0 Å². The Morgan fingerprint density at radius 3 is 1.86 bits per heavy atom. The fourth-order valence-electron chi connectivity index (χ4n) is 1.31. The van der Waals surface area contributed by atoms with E-state index in [-0.39, 0.29) is 0 Å². The van der Waals surface area contributed by atoms with Crippen LogP contribution in [0.15, 0.2) is 0 Å². The first-order valence-corrected chi connectivity index (χ1v) is 6.16. The van der Waals surface area contributed by atoms with Crippen molar-refractivity contribution in [1.29, 1.82) is 0 Å². The van der Waals surface area contributed by atoms with Crippen LogP contribution >= 0.6 is 0 Å². The Bertz CT molecular complexity index is 129. The van der Waals surface area contributed by atoms with Crippen molar-refractivity contribution in [3.8, 4) is 0 Å². The molecule has 0 aromatic heterocycles. The van der Waals surface area contributed by atoms with Gasteiger partial charge in [-0.2, -0.15) is 0 Å². The molecule has 0 fully saturated rings. The van der Waals surface area contributed by atoms with E-state index in [9.17, 15) is 0 Å². The molecule has 0 aliphatic rings. The van der Waals surface area contributed by atoms with Crippen molar-refractivity contribution in [2.45, 2.75) is 60.4 Å². The molecule has 1 N–H and O–H groups in total. The van der Waals surface area contributed by atoms with Gasteiger partial charge >= 0.3 is 0 Å². The lowest BCUT2D eigenvalue weighted by Crippen LogP contribution is -2.32. The summed E-state index contributed by atoms with van der Waals surface area (Å²) in [7, 11) is 0. The van der Waals surface area contributed by atoms with Crippen LogP contribution in [-0.4, -0.2) is 12.6 Å². The third-order valence-electron chi connectivity index (χ3n) is 3.10. The summed E-state index contributed by atoms with van der Waals surface area (Å²) in [6.07, 6.45) is 2.65. The molecule has 1 nitrogen and oxygen atoms in total. The first-order valence-electron chi connectivity index (χ1n) is 6.16. The Morgan fingerprint density at radius 1 is 0.857 bits per heavy atom. The molecule has 0 aliphatic carbocycles. The quantitative estimate of drug-likeness (QED) is 0.659. The van der Waals surface area contributed by atoms with E-state index in [1.807, 2.05) is 0 Å². The second-order valence-corrected chi connectivity index (χ2v) is 5.50. The van der Waals surface area contributed by atoms with Gasteiger partial charge in [0.15, 0.2) is 0 Å². The fraction of sp³-hybridized carbons (Fsp3) is 1.00. The molecule has 0 radical (unpaired) electrons. The van der Waals surface area contributed by atoms with Gasteiger partial charge in [-0.3, -0.25) is 0 Å². The second-order valence-electron chi connectivity index (χ2n) is 5.50. The zero-order valence-electron chi connectivity index (χ0n) is 10.9. The van der Waals surface area contributed by atoms with Crippen LogP contribution in [-0.2, 0) is 0 Å². The molecule has 0 aromatic carbocycles. The molecular weight excluding hydrogens is 170 g/mol. The predicted octanol–water partition coefficient (Wildman–Crippen LogP) is 3.69. The fourth-order valence-corrected chi connectivity index (χ4v) is 1.31. The van der Waals surface area contributed by atoms with Crippen LogP contribution in [0.1, 0.15) is 54.4 Å². The van der Waals surface area contributed by atoms with Gasteiger partial charge in [0.25, 0.3) is 0 Å². The van der Waals surface area contributed by atoms with E-state index >= 15 is 0 Å². The lowest BCUT2D eigenvalue weighted by Gasteiger charge is -2.20.